The summed E-state index contributed by atoms with van der Waals surface area (Å²) in [7, 11) is 0. The smallest absolute Gasteiger partial charge is 0.355 e. The fraction of sp³-hybridized carbons (Fsp3) is 0.455. The van der Waals surface area contributed by atoms with Crippen molar-refractivity contribution in [3.63, 3.8) is 0 Å². The number of hydrogen-bond acceptors (Lipinski definition) is 5. The molecule has 0 bridgehead atoms. The highest BCUT2D eigenvalue weighted by molar-refractivity contribution is 5.79. The van der Waals surface area contributed by atoms with Crippen LogP contribution >= 0.6 is 0 Å². The Morgan fingerprint density at radius 1 is 1.06 bits per heavy atom. The maximum atomic E-state index is 13.3. The number of rotatable bonds is 5. The largest absolute Gasteiger partial charge is 0.453 e. The predicted molar refractivity (Wildman–Crippen MR) is 113 cm³/mol. The van der Waals surface area contributed by atoms with Gasteiger partial charge in [0.05, 0.1) is 6.04 Å². The summed E-state index contributed by atoms with van der Waals surface area (Å²) in [4.78, 5) is 14.8. The van der Waals surface area contributed by atoms with Crippen LogP contribution in [0.3, 0.4) is 0 Å². The standard InChI is InChI=1S/C22H24F4N6O/c1-13(2)19(14-3-5-16(23)6-4-14)27-20(33)15-9-11-31(12-10-15)18-8-7-17-28-29-21(22(24,25)26)32(17)30-18/h3-8,13,15,19H,9-12H2,1-2H3,(H,27,33)/t19-/m0/s1. The normalized spacial score (nSPS) is 16.4. The maximum absolute atomic E-state index is 13.3. The second kappa shape index (κ2) is 8.95. The molecule has 1 amide bonds. The first-order valence-corrected chi connectivity index (χ1v) is 10.7. The number of benzene rings is 1. The molecule has 33 heavy (non-hydrogen) atoms. The molecule has 7 nitrogen and oxygen atoms in total. The van der Waals surface area contributed by atoms with Gasteiger partial charge in [0, 0.05) is 19.0 Å². The molecule has 1 aliphatic rings. The van der Waals surface area contributed by atoms with Crippen LogP contribution in [0.25, 0.3) is 5.65 Å². The summed E-state index contributed by atoms with van der Waals surface area (Å²) in [6.07, 6.45) is -3.59. The SMILES string of the molecule is CC(C)[C@H](NC(=O)C1CCN(c2ccc3nnc(C(F)(F)F)n3n2)CC1)c1ccc(F)cc1. The van der Waals surface area contributed by atoms with Crippen LogP contribution in [-0.2, 0) is 11.0 Å². The van der Waals surface area contributed by atoms with E-state index in [0.717, 1.165) is 5.56 Å². The first kappa shape index (κ1) is 22.9. The predicted octanol–water partition coefficient (Wildman–Crippen LogP) is 4.01. The van der Waals surface area contributed by atoms with E-state index in [0.29, 0.717) is 36.3 Å². The van der Waals surface area contributed by atoms with Crippen LogP contribution in [0.1, 0.15) is 44.1 Å². The quantitative estimate of drug-likeness (QED) is 0.578. The maximum Gasteiger partial charge on any atom is 0.453 e. The van der Waals surface area contributed by atoms with Gasteiger partial charge in [0.25, 0.3) is 5.82 Å². The summed E-state index contributed by atoms with van der Waals surface area (Å²) >= 11 is 0. The number of nitrogens with one attached hydrogen (secondary N) is 1. The van der Waals surface area contributed by atoms with Gasteiger partial charge < -0.3 is 10.2 Å². The molecule has 1 N–H and O–H groups in total. The number of fused-ring (bicyclic) bond motifs is 1. The minimum atomic E-state index is -4.66. The van der Waals surface area contributed by atoms with Crippen molar-refractivity contribution in [2.75, 3.05) is 18.0 Å². The number of amides is 1. The lowest BCUT2D eigenvalue weighted by Gasteiger charge is -2.33. The Balaban J connectivity index is 1.42. The molecule has 11 heteroatoms. The van der Waals surface area contributed by atoms with Gasteiger partial charge in [-0.3, -0.25) is 4.79 Å². The fourth-order valence-electron chi connectivity index (χ4n) is 4.07. The van der Waals surface area contributed by atoms with Gasteiger partial charge in [-0.25, -0.2) is 4.39 Å². The highest BCUT2D eigenvalue weighted by atomic mass is 19.4. The van der Waals surface area contributed by atoms with Gasteiger partial charge in [-0.1, -0.05) is 26.0 Å². The van der Waals surface area contributed by atoms with Gasteiger partial charge in [-0.2, -0.15) is 17.7 Å². The first-order valence-electron chi connectivity index (χ1n) is 10.7. The monoisotopic (exact) mass is 464 g/mol. The summed E-state index contributed by atoms with van der Waals surface area (Å²) in [5.74, 6) is -1.33. The number of anilines is 1. The number of hydrogen-bond donors (Lipinski definition) is 1. The Bertz CT molecular complexity index is 1120. The van der Waals surface area contributed by atoms with Crippen molar-refractivity contribution < 1.29 is 22.4 Å². The van der Waals surface area contributed by atoms with E-state index in [-0.39, 0.29) is 35.2 Å². The molecular weight excluding hydrogens is 440 g/mol. The number of nitrogens with zero attached hydrogens (tertiary/aromatic N) is 5. The van der Waals surface area contributed by atoms with Gasteiger partial charge in [0.2, 0.25) is 5.91 Å². The molecule has 2 aromatic heterocycles. The Labute approximate surface area is 187 Å². The molecule has 1 aromatic carbocycles. The van der Waals surface area contributed by atoms with Gasteiger partial charge >= 0.3 is 6.18 Å². The van der Waals surface area contributed by atoms with Crippen molar-refractivity contribution >= 4 is 17.4 Å². The number of alkyl halides is 3. The highest BCUT2D eigenvalue weighted by Gasteiger charge is 2.38. The average Bonchev–Trinajstić information content (AvgIpc) is 3.22. The molecule has 0 aliphatic carbocycles. The molecule has 0 radical (unpaired) electrons. The van der Waals surface area contributed by atoms with Crippen LogP contribution in [0.4, 0.5) is 23.4 Å². The molecule has 0 spiro atoms. The third-order valence-corrected chi connectivity index (χ3v) is 5.89. The summed E-state index contributed by atoms with van der Waals surface area (Å²) in [6.45, 7) is 4.92. The topological polar surface area (TPSA) is 75.4 Å². The van der Waals surface area contributed by atoms with Crippen LogP contribution in [-0.4, -0.2) is 38.8 Å². The van der Waals surface area contributed by atoms with Crippen molar-refractivity contribution in [3.05, 3.63) is 53.6 Å². The van der Waals surface area contributed by atoms with Crippen molar-refractivity contribution in [1.29, 1.82) is 0 Å². The van der Waals surface area contributed by atoms with Gasteiger partial charge in [0.1, 0.15) is 11.6 Å². The van der Waals surface area contributed by atoms with Crippen LogP contribution in [0, 0.1) is 17.7 Å². The second-order valence-corrected chi connectivity index (χ2v) is 8.53. The number of carbonyl (C=O) groups is 1. The molecule has 3 aromatic rings. The van der Waals surface area contributed by atoms with Gasteiger partial charge in [0.15, 0.2) is 5.65 Å². The van der Waals surface area contributed by atoms with E-state index in [1.165, 1.54) is 18.2 Å². The second-order valence-electron chi connectivity index (χ2n) is 8.53. The van der Waals surface area contributed by atoms with E-state index < -0.39 is 12.0 Å². The molecule has 3 heterocycles. The molecule has 1 saturated heterocycles. The van der Waals surface area contributed by atoms with E-state index in [2.05, 4.69) is 20.6 Å². The van der Waals surface area contributed by atoms with Gasteiger partial charge in [-0.05, 0) is 48.6 Å². The average molecular weight is 464 g/mol. The summed E-state index contributed by atoms with van der Waals surface area (Å²) in [5.41, 5.74) is 0.852. The van der Waals surface area contributed by atoms with Crippen LogP contribution in [0.5, 0.6) is 0 Å². The van der Waals surface area contributed by atoms with E-state index >= 15 is 0 Å². The van der Waals surface area contributed by atoms with Crippen LogP contribution in [0.15, 0.2) is 36.4 Å². The van der Waals surface area contributed by atoms with E-state index in [1.54, 1.807) is 18.2 Å². The lowest BCUT2D eigenvalue weighted by atomic mass is 9.92. The van der Waals surface area contributed by atoms with Crippen molar-refractivity contribution in [1.82, 2.24) is 25.1 Å². The number of piperidine rings is 1. The Morgan fingerprint density at radius 3 is 2.33 bits per heavy atom. The summed E-state index contributed by atoms with van der Waals surface area (Å²) < 4.78 is 53.4. The molecule has 4 rings (SSSR count). The summed E-state index contributed by atoms with van der Waals surface area (Å²) in [5, 5.41) is 13.9. The summed E-state index contributed by atoms with van der Waals surface area (Å²) in [6, 6.07) is 8.90. The van der Waals surface area contributed by atoms with Crippen molar-refractivity contribution in [2.24, 2.45) is 11.8 Å². The van der Waals surface area contributed by atoms with E-state index in [1.807, 2.05) is 18.7 Å². The zero-order chi connectivity index (χ0) is 23.8. The van der Waals surface area contributed by atoms with E-state index in [4.69, 9.17) is 0 Å². The number of halogens is 4. The fourth-order valence-corrected chi connectivity index (χ4v) is 4.07. The highest BCUT2D eigenvalue weighted by Crippen LogP contribution is 2.29. The van der Waals surface area contributed by atoms with Crippen LogP contribution < -0.4 is 10.2 Å². The number of aromatic nitrogens is 4. The molecule has 0 saturated carbocycles. The molecular formula is C22H24F4N6O. The van der Waals surface area contributed by atoms with Gasteiger partial charge in [-0.15, -0.1) is 15.3 Å². The molecule has 0 unspecified atom stereocenters. The minimum absolute atomic E-state index is 0.0147. The number of carbonyl (C=O) groups excluding carboxylic acids is 1. The molecule has 1 atom stereocenters. The third kappa shape index (κ3) is 4.91. The lowest BCUT2D eigenvalue weighted by Crippen LogP contribution is -2.42. The van der Waals surface area contributed by atoms with E-state index in [9.17, 15) is 22.4 Å². The Kier molecular flexibility index (Phi) is 6.22. The molecule has 1 aliphatic heterocycles. The minimum Gasteiger partial charge on any atom is -0.355 e. The lowest BCUT2D eigenvalue weighted by molar-refractivity contribution is -0.146. The first-order chi connectivity index (χ1) is 15.6. The van der Waals surface area contributed by atoms with Crippen molar-refractivity contribution in [2.45, 2.75) is 38.9 Å². The Hall–Kier alpha value is -3.24. The Morgan fingerprint density at radius 2 is 1.73 bits per heavy atom. The van der Waals surface area contributed by atoms with Crippen LogP contribution in [0.2, 0.25) is 0 Å². The third-order valence-electron chi connectivity index (χ3n) is 5.89. The molecule has 1 fully saturated rings. The zero-order valence-corrected chi connectivity index (χ0v) is 18.2. The van der Waals surface area contributed by atoms with Crippen molar-refractivity contribution in [3.8, 4) is 0 Å². The zero-order valence-electron chi connectivity index (χ0n) is 18.2. The molecule has 176 valence electrons.